The van der Waals surface area contributed by atoms with Crippen LogP contribution in [0.1, 0.15) is 53.2 Å². The molecule has 11 heteroatoms. The molecule has 0 unspecified atom stereocenters. The summed E-state index contributed by atoms with van der Waals surface area (Å²) in [7, 11) is -2.26. The minimum Gasteiger partial charge on any atom is -0.349 e. The zero-order chi connectivity index (χ0) is 24.0. The van der Waals surface area contributed by atoms with Gasteiger partial charge in [-0.25, -0.2) is 10.2 Å². The number of pyridine rings is 1. The summed E-state index contributed by atoms with van der Waals surface area (Å²) in [5, 5.41) is 11.0. The molecule has 0 amide bonds. The van der Waals surface area contributed by atoms with Crippen molar-refractivity contribution in [1.82, 2.24) is 44.5 Å². The monoisotopic (exact) mass is 654 g/mol. The molecule has 0 aliphatic rings. The van der Waals surface area contributed by atoms with Gasteiger partial charge in [0, 0.05) is 29.5 Å². The van der Waals surface area contributed by atoms with E-state index >= 15 is 0 Å². The largest absolute Gasteiger partial charge is 2.00 e. The molecule has 0 atom stereocenters. The van der Waals surface area contributed by atoms with Gasteiger partial charge in [-0.05, 0) is 23.0 Å². The van der Waals surface area contributed by atoms with Crippen LogP contribution < -0.4 is 10.6 Å². The minimum atomic E-state index is -2.26. The molecule has 0 aliphatic carbocycles. The van der Waals surface area contributed by atoms with E-state index in [0.29, 0.717) is 17.6 Å². The van der Waals surface area contributed by atoms with Gasteiger partial charge in [-0.2, -0.15) is 0 Å². The molecular formula is C23H29N9PtSi. The molecule has 0 saturated heterocycles. The first kappa shape index (κ1) is 26.0. The van der Waals surface area contributed by atoms with Crippen LogP contribution in [0, 0.1) is 12.7 Å². The maximum atomic E-state index is 4.91. The van der Waals surface area contributed by atoms with E-state index in [2.05, 4.69) is 92.4 Å². The third-order valence-corrected chi connectivity index (χ3v) is 8.42. The molecule has 4 heterocycles. The predicted molar refractivity (Wildman–Crippen MR) is 128 cm³/mol. The van der Waals surface area contributed by atoms with Crippen LogP contribution in [0.15, 0.2) is 30.5 Å². The number of aromatic nitrogens is 9. The summed E-state index contributed by atoms with van der Waals surface area (Å²) >= 11 is 0. The van der Waals surface area contributed by atoms with Gasteiger partial charge in [-0.15, -0.1) is 0 Å². The second-order valence-corrected chi connectivity index (χ2v) is 14.9. The zero-order valence-corrected chi connectivity index (χ0v) is 24.0. The van der Waals surface area contributed by atoms with Crippen molar-refractivity contribution in [3.63, 3.8) is 0 Å². The molecule has 0 bridgehead atoms. The Bertz CT molecular complexity index is 1180. The van der Waals surface area contributed by atoms with Crippen LogP contribution in [0.5, 0.6) is 0 Å². The van der Waals surface area contributed by atoms with E-state index in [1.165, 1.54) is 4.68 Å². The second-order valence-electron chi connectivity index (χ2n) is 10.6. The van der Waals surface area contributed by atoms with Gasteiger partial charge in [0.2, 0.25) is 0 Å². The number of nitrogens with zero attached hydrogens (tertiary/aromatic N) is 9. The predicted octanol–water partition coefficient (Wildman–Crippen LogP) is 2.05. The topological polar surface area (TPSA) is 100 Å². The SMILES string of the molecule is CC(C)(C)c1n[c-]n(-c2cccc([Si](C)(C)c3ccnc(-n4[c-]nc(C(C)(C)C)n4)n3)n2)n1.[Pt+2]. The molecular weight excluding hydrogens is 625 g/mol. The third-order valence-electron chi connectivity index (χ3n) is 5.30. The molecule has 0 saturated carbocycles. The Balaban J connectivity index is 0.00000324. The average molecular weight is 655 g/mol. The fourth-order valence-electron chi connectivity index (χ4n) is 3.11. The maximum absolute atomic E-state index is 4.91. The fraction of sp³-hybridized carbons (Fsp3) is 0.435. The number of hydrogen-bond acceptors (Lipinski definition) is 7. The van der Waals surface area contributed by atoms with Gasteiger partial charge in [-0.1, -0.05) is 66.8 Å². The van der Waals surface area contributed by atoms with Crippen LogP contribution in [-0.4, -0.2) is 52.6 Å². The molecule has 9 nitrogen and oxygen atoms in total. The first-order chi connectivity index (χ1) is 15.4. The summed E-state index contributed by atoms with van der Waals surface area (Å²) in [5.41, 5.74) is -0.334. The van der Waals surface area contributed by atoms with Crippen molar-refractivity contribution in [2.45, 2.75) is 65.5 Å². The van der Waals surface area contributed by atoms with E-state index in [1.54, 1.807) is 10.9 Å². The van der Waals surface area contributed by atoms with Crippen LogP contribution in [-0.2, 0) is 31.9 Å². The van der Waals surface area contributed by atoms with Gasteiger partial charge < -0.3 is 24.3 Å². The van der Waals surface area contributed by atoms with Crippen molar-refractivity contribution < 1.29 is 21.1 Å². The Labute approximate surface area is 215 Å². The quantitative estimate of drug-likeness (QED) is 0.246. The third kappa shape index (κ3) is 5.23. The Hall–Kier alpha value is -2.58. The van der Waals surface area contributed by atoms with Gasteiger partial charge in [0.1, 0.15) is 5.95 Å². The van der Waals surface area contributed by atoms with Crippen molar-refractivity contribution in [2.24, 2.45) is 0 Å². The molecule has 4 aromatic heterocycles. The molecule has 180 valence electrons. The van der Waals surface area contributed by atoms with E-state index in [0.717, 1.165) is 16.5 Å². The molecule has 0 N–H and O–H groups in total. The van der Waals surface area contributed by atoms with Crippen molar-refractivity contribution in [3.05, 3.63) is 54.8 Å². The van der Waals surface area contributed by atoms with Crippen molar-refractivity contribution >= 4 is 18.7 Å². The summed E-state index contributed by atoms with van der Waals surface area (Å²) in [4.78, 5) is 22.8. The molecule has 34 heavy (non-hydrogen) atoms. The molecule has 4 aromatic rings. The van der Waals surface area contributed by atoms with Crippen molar-refractivity contribution in [2.75, 3.05) is 0 Å². The van der Waals surface area contributed by atoms with Gasteiger partial charge in [0.25, 0.3) is 0 Å². The van der Waals surface area contributed by atoms with Crippen LogP contribution in [0.3, 0.4) is 0 Å². The van der Waals surface area contributed by atoms with Crippen molar-refractivity contribution in [3.8, 4) is 11.8 Å². The Morgan fingerprint density at radius 1 is 0.765 bits per heavy atom. The number of rotatable bonds is 4. The molecule has 0 aliphatic heterocycles. The normalized spacial score (nSPS) is 12.5. The van der Waals surface area contributed by atoms with Crippen LogP contribution in [0.4, 0.5) is 0 Å². The molecule has 0 fully saturated rings. The van der Waals surface area contributed by atoms with Crippen molar-refractivity contribution in [1.29, 1.82) is 0 Å². The minimum absolute atomic E-state index is 0. The van der Waals surface area contributed by atoms with E-state index < -0.39 is 8.07 Å². The molecule has 0 spiro atoms. The Kier molecular flexibility index (Phi) is 7.06. The number of hydrogen-bond donors (Lipinski definition) is 0. The zero-order valence-electron chi connectivity index (χ0n) is 20.7. The summed E-state index contributed by atoms with van der Waals surface area (Å²) in [6, 6.07) is 7.89. The van der Waals surface area contributed by atoms with E-state index in [1.807, 2.05) is 24.3 Å². The van der Waals surface area contributed by atoms with Gasteiger partial charge in [0.05, 0.1) is 17.5 Å². The summed E-state index contributed by atoms with van der Waals surface area (Å²) < 4.78 is 3.12. The van der Waals surface area contributed by atoms with Crippen LogP contribution in [0.2, 0.25) is 13.1 Å². The molecule has 0 aromatic carbocycles. The Morgan fingerprint density at radius 3 is 1.91 bits per heavy atom. The smallest absolute Gasteiger partial charge is 0.349 e. The first-order valence-corrected chi connectivity index (χ1v) is 13.9. The van der Waals surface area contributed by atoms with Gasteiger partial charge in [-0.3, -0.25) is 9.97 Å². The molecule has 4 rings (SSSR count). The summed E-state index contributed by atoms with van der Waals surface area (Å²) in [6.45, 7) is 16.8. The summed E-state index contributed by atoms with van der Waals surface area (Å²) in [5.74, 6) is 2.56. The standard InChI is InChI=1S/C23H29N9Si.Pt/c1-22(2,3)19-25-14-31(29-19)16-10-9-11-17(27-16)33(7,8)18-12-13-24-21(28-18)32-15-26-20(30-32)23(4,5)6;/h9-13H,1-8H3;/q-2;+2. The first-order valence-electron chi connectivity index (χ1n) is 10.9. The second kappa shape index (κ2) is 9.22. The fourth-order valence-corrected chi connectivity index (χ4v) is 5.15. The van der Waals surface area contributed by atoms with E-state index in [9.17, 15) is 0 Å². The van der Waals surface area contributed by atoms with Crippen LogP contribution in [0.25, 0.3) is 11.8 Å². The van der Waals surface area contributed by atoms with Gasteiger partial charge >= 0.3 is 21.1 Å². The average Bonchev–Trinajstić information content (AvgIpc) is 3.44. The molecule has 0 radical (unpaired) electrons. The van der Waals surface area contributed by atoms with Crippen LogP contribution >= 0.6 is 0 Å². The maximum Gasteiger partial charge on any atom is 2.00 e. The Morgan fingerprint density at radius 2 is 1.32 bits per heavy atom. The van der Waals surface area contributed by atoms with E-state index in [-0.39, 0.29) is 31.9 Å². The van der Waals surface area contributed by atoms with Gasteiger partial charge in [0.15, 0.2) is 8.07 Å². The summed E-state index contributed by atoms with van der Waals surface area (Å²) in [6.07, 6.45) is 7.61. The van der Waals surface area contributed by atoms with E-state index in [4.69, 9.17) is 9.97 Å².